The number of aliphatic hydroxyl groups is 4. The maximum Gasteiger partial charge on any atom is 0.303 e. The van der Waals surface area contributed by atoms with Crippen molar-refractivity contribution in [3.63, 3.8) is 0 Å². The molecule has 0 saturated heterocycles. The number of benzene rings is 1. The number of unbranched alkanes of at least 4 members (excludes halogenated alkanes) is 3. The highest BCUT2D eigenvalue weighted by Crippen LogP contribution is 2.45. The number of allylic oxidation sites excluding steroid dienone is 2. The van der Waals surface area contributed by atoms with Crippen LogP contribution < -0.4 is 5.32 Å². The molecule has 3 rings (SSSR count). The van der Waals surface area contributed by atoms with Crippen LogP contribution in [-0.4, -0.2) is 68.5 Å². The second-order valence-corrected chi connectivity index (χ2v) is 13.8. The number of aliphatic carboxylic acids is 1. The van der Waals surface area contributed by atoms with Gasteiger partial charge in [-0.15, -0.1) is 0 Å². The van der Waals surface area contributed by atoms with Crippen molar-refractivity contribution in [1.82, 2.24) is 5.32 Å². The van der Waals surface area contributed by atoms with Gasteiger partial charge in [-0.3, -0.25) is 4.79 Å². The molecular weight excluding hydrogens is 578 g/mol. The van der Waals surface area contributed by atoms with Crippen LogP contribution in [0.15, 0.2) is 47.6 Å². The molecule has 5 unspecified atom stereocenters. The van der Waals surface area contributed by atoms with Crippen LogP contribution in [-0.2, 0) is 11.2 Å². The summed E-state index contributed by atoms with van der Waals surface area (Å²) in [7, 11) is 0. The molecule has 7 heteroatoms. The largest absolute Gasteiger partial charge is 0.481 e. The predicted molar refractivity (Wildman–Crippen MR) is 184 cm³/mol. The summed E-state index contributed by atoms with van der Waals surface area (Å²) in [6.07, 6.45) is 15.3. The van der Waals surface area contributed by atoms with Crippen LogP contribution in [0.25, 0.3) is 0 Å². The van der Waals surface area contributed by atoms with Gasteiger partial charge in [0.1, 0.15) is 0 Å². The SMILES string of the molecule is CCCCCC(O)C=CC1=C(CC(O)CO)C(CCCCC2(CC(=O)O)CCCC2)NC(C(C)O)CC#Cc2ccccc2CC1. The van der Waals surface area contributed by atoms with E-state index in [1.54, 1.807) is 6.92 Å². The molecule has 1 saturated carbocycles. The second kappa shape index (κ2) is 20.0. The maximum atomic E-state index is 11.7. The predicted octanol–water partition coefficient (Wildman–Crippen LogP) is 6.21. The molecule has 0 spiro atoms. The molecule has 5 atom stereocenters. The standard InChI is InChI=1S/C39H59NO6/c1-3-4-5-16-33(43)22-21-32-20-19-31-14-7-6-13-30(31)15-12-18-36(29(2)42)40-37(35(32)26-34(44)28-41)17-8-9-23-39(27-38(45)46)24-10-11-25-39/h6-7,13-14,21-22,29,33-34,36-37,40-44H,3-5,8-11,16-20,23-28H2,1-2H3,(H,45,46). The molecule has 1 aliphatic carbocycles. The highest BCUT2D eigenvalue weighted by molar-refractivity contribution is 5.67. The van der Waals surface area contributed by atoms with Gasteiger partial charge in [0.2, 0.25) is 0 Å². The van der Waals surface area contributed by atoms with Crippen molar-refractivity contribution in [3.8, 4) is 11.8 Å². The number of aryl methyl sites for hydroxylation is 1. The fourth-order valence-corrected chi connectivity index (χ4v) is 7.27. The number of carboxylic acid groups (broad SMARTS) is 1. The Hall–Kier alpha value is -2.47. The molecule has 0 amide bonds. The van der Waals surface area contributed by atoms with Gasteiger partial charge in [0, 0.05) is 24.1 Å². The van der Waals surface area contributed by atoms with Gasteiger partial charge in [0.05, 0.1) is 31.3 Å². The Morgan fingerprint density at radius 3 is 2.54 bits per heavy atom. The molecule has 46 heavy (non-hydrogen) atoms. The van der Waals surface area contributed by atoms with E-state index < -0.39 is 24.3 Å². The Kier molecular flexibility index (Phi) is 16.5. The van der Waals surface area contributed by atoms with Crippen LogP contribution in [0.3, 0.4) is 0 Å². The fourth-order valence-electron chi connectivity index (χ4n) is 7.27. The van der Waals surface area contributed by atoms with Gasteiger partial charge in [-0.2, -0.15) is 0 Å². The second-order valence-electron chi connectivity index (χ2n) is 13.8. The van der Waals surface area contributed by atoms with Crippen LogP contribution >= 0.6 is 0 Å². The van der Waals surface area contributed by atoms with Gasteiger partial charge < -0.3 is 30.8 Å². The van der Waals surface area contributed by atoms with Crippen LogP contribution in [0.2, 0.25) is 0 Å². The maximum absolute atomic E-state index is 11.7. The number of hydrogen-bond acceptors (Lipinski definition) is 6. The number of fused-ring (bicyclic) bond motifs is 1. The van der Waals surface area contributed by atoms with Crippen molar-refractivity contribution in [2.24, 2.45) is 5.41 Å². The molecule has 0 aromatic heterocycles. The van der Waals surface area contributed by atoms with Crippen molar-refractivity contribution in [1.29, 1.82) is 0 Å². The monoisotopic (exact) mass is 637 g/mol. The summed E-state index contributed by atoms with van der Waals surface area (Å²) in [6, 6.07) is 7.60. The topological polar surface area (TPSA) is 130 Å². The Bertz CT molecular complexity index is 1190. The summed E-state index contributed by atoms with van der Waals surface area (Å²) >= 11 is 0. The summed E-state index contributed by atoms with van der Waals surface area (Å²) < 4.78 is 0. The van der Waals surface area contributed by atoms with Gasteiger partial charge in [-0.1, -0.05) is 94.1 Å². The van der Waals surface area contributed by atoms with E-state index in [4.69, 9.17) is 0 Å². The molecule has 1 aliphatic heterocycles. The summed E-state index contributed by atoms with van der Waals surface area (Å²) in [5.41, 5.74) is 3.97. The lowest BCUT2D eigenvalue weighted by atomic mass is 9.77. The summed E-state index contributed by atoms with van der Waals surface area (Å²) in [4.78, 5) is 11.7. The van der Waals surface area contributed by atoms with Crippen LogP contribution in [0.4, 0.5) is 0 Å². The van der Waals surface area contributed by atoms with Crippen molar-refractivity contribution < 1.29 is 30.3 Å². The zero-order chi connectivity index (χ0) is 33.4. The average Bonchev–Trinajstić information content (AvgIpc) is 3.48. The third kappa shape index (κ3) is 12.6. The molecular formula is C39H59NO6. The highest BCUT2D eigenvalue weighted by atomic mass is 16.4. The van der Waals surface area contributed by atoms with E-state index in [1.807, 2.05) is 30.4 Å². The zero-order valence-corrected chi connectivity index (χ0v) is 28.2. The Labute approximate surface area is 277 Å². The molecule has 6 N–H and O–H groups in total. The number of carbonyl (C=O) groups is 1. The third-order valence-electron chi connectivity index (χ3n) is 9.99. The fraction of sp³-hybridized carbons (Fsp3) is 0.667. The summed E-state index contributed by atoms with van der Waals surface area (Å²) in [5.74, 6) is 5.91. The third-order valence-corrected chi connectivity index (χ3v) is 9.99. The first kappa shape index (κ1) is 38.0. The van der Waals surface area contributed by atoms with Gasteiger partial charge in [0.25, 0.3) is 0 Å². The minimum absolute atomic E-state index is 0.121. The van der Waals surface area contributed by atoms with Crippen molar-refractivity contribution in [2.75, 3.05) is 6.61 Å². The van der Waals surface area contributed by atoms with E-state index in [9.17, 15) is 30.3 Å². The molecule has 2 aliphatic rings. The molecule has 0 radical (unpaired) electrons. The Balaban J connectivity index is 2.00. The van der Waals surface area contributed by atoms with Crippen LogP contribution in [0.1, 0.15) is 128 Å². The Morgan fingerprint density at radius 2 is 1.85 bits per heavy atom. The quantitative estimate of drug-likeness (QED) is 0.0884. The van der Waals surface area contributed by atoms with Crippen LogP contribution in [0.5, 0.6) is 0 Å². The molecule has 1 heterocycles. The number of hydrogen-bond donors (Lipinski definition) is 6. The lowest BCUT2D eigenvalue weighted by molar-refractivity contribution is -0.139. The minimum atomic E-state index is -0.945. The first-order valence-corrected chi connectivity index (χ1v) is 17.8. The van der Waals surface area contributed by atoms with E-state index >= 15 is 0 Å². The summed E-state index contributed by atoms with van der Waals surface area (Å²) in [5, 5.41) is 55.7. The van der Waals surface area contributed by atoms with Gasteiger partial charge in [-0.25, -0.2) is 0 Å². The lowest BCUT2D eigenvalue weighted by Crippen LogP contribution is -2.46. The smallest absolute Gasteiger partial charge is 0.303 e. The van der Waals surface area contributed by atoms with E-state index in [0.29, 0.717) is 19.3 Å². The van der Waals surface area contributed by atoms with Crippen molar-refractivity contribution in [3.05, 3.63) is 58.7 Å². The number of nitrogens with one attached hydrogen (secondary N) is 1. The van der Waals surface area contributed by atoms with Gasteiger partial charge in [-0.05, 0) is 86.5 Å². The normalized spacial score (nSPS) is 22.3. The van der Waals surface area contributed by atoms with Crippen LogP contribution in [0, 0.1) is 17.3 Å². The van der Waals surface area contributed by atoms with E-state index in [0.717, 1.165) is 99.3 Å². The lowest BCUT2D eigenvalue weighted by Gasteiger charge is -2.32. The molecule has 256 valence electrons. The first-order chi connectivity index (χ1) is 22.2. The Morgan fingerprint density at radius 1 is 1.09 bits per heavy atom. The van der Waals surface area contributed by atoms with E-state index in [1.165, 1.54) is 0 Å². The minimum Gasteiger partial charge on any atom is -0.481 e. The molecule has 1 fully saturated rings. The van der Waals surface area contributed by atoms with E-state index in [-0.39, 0.29) is 36.9 Å². The van der Waals surface area contributed by atoms with Gasteiger partial charge >= 0.3 is 5.97 Å². The molecule has 7 nitrogen and oxygen atoms in total. The van der Waals surface area contributed by atoms with Crippen molar-refractivity contribution in [2.45, 2.75) is 153 Å². The first-order valence-electron chi connectivity index (χ1n) is 17.8. The summed E-state index contributed by atoms with van der Waals surface area (Å²) in [6.45, 7) is 3.55. The van der Waals surface area contributed by atoms with Gasteiger partial charge in [0.15, 0.2) is 0 Å². The van der Waals surface area contributed by atoms with Crippen molar-refractivity contribution >= 4 is 5.97 Å². The number of carboxylic acids is 1. The molecule has 1 aromatic carbocycles. The number of aliphatic hydroxyl groups excluding tert-OH is 4. The molecule has 1 aromatic rings. The highest BCUT2D eigenvalue weighted by Gasteiger charge is 2.35. The number of rotatable bonds is 17. The van der Waals surface area contributed by atoms with E-state index in [2.05, 4.69) is 30.1 Å². The zero-order valence-electron chi connectivity index (χ0n) is 28.2. The average molecular weight is 638 g/mol. The molecule has 0 bridgehead atoms.